The Balaban J connectivity index is 2.43. The first-order valence-corrected chi connectivity index (χ1v) is 6.59. The Morgan fingerprint density at radius 3 is 2.26 bits per heavy atom. The van der Waals surface area contributed by atoms with Crippen LogP contribution in [-0.4, -0.2) is 17.0 Å². The van der Waals surface area contributed by atoms with Crippen LogP contribution in [0, 0.1) is 0 Å². The summed E-state index contributed by atoms with van der Waals surface area (Å²) in [6.07, 6.45) is 0. The van der Waals surface area contributed by atoms with Gasteiger partial charge in [-0.1, -0.05) is 50.6 Å². The minimum atomic E-state index is -0.128. The Morgan fingerprint density at radius 1 is 1.05 bits per heavy atom. The highest BCUT2D eigenvalue weighted by molar-refractivity contribution is 6.29. The van der Waals surface area contributed by atoms with Crippen LogP contribution in [0.2, 0.25) is 5.15 Å². The molecule has 19 heavy (non-hydrogen) atoms. The van der Waals surface area contributed by atoms with E-state index in [1.807, 2.05) is 42.3 Å². The summed E-state index contributed by atoms with van der Waals surface area (Å²) in [5.41, 5.74) is 0.939. The van der Waals surface area contributed by atoms with Crippen LogP contribution in [-0.2, 0) is 5.41 Å². The van der Waals surface area contributed by atoms with Crippen LogP contribution in [0.5, 0.6) is 0 Å². The van der Waals surface area contributed by atoms with Gasteiger partial charge in [0.25, 0.3) is 0 Å². The van der Waals surface area contributed by atoms with Gasteiger partial charge in [-0.15, -0.1) is 0 Å². The summed E-state index contributed by atoms with van der Waals surface area (Å²) in [4.78, 5) is 10.9. The Labute approximate surface area is 119 Å². The molecule has 1 heterocycles. The van der Waals surface area contributed by atoms with Crippen molar-refractivity contribution < 1.29 is 0 Å². The molecule has 0 aliphatic carbocycles. The highest BCUT2D eigenvalue weighted by Crippen LogP contribution is 2.27. The second kappa shape index (κ2) is 5.17. The lowest BCUT2D eigenvalue weighted by Crippen LogP contribution is -2.19. The molecule has 0 N–H and O–H groups in total. The monoisotopic (exact) mass is 275 g/mol. The molecule has 0 aliphatic heterocycles. The smallest absolute Gasteiger partial charge is 0.137 e. The number of halogens is 1. The summed E-state index contributed by atoms with van der Waals surface area (Å²) in [6.45, 7) is 6.22. The zero-order valence-corrected chi connectivity index (χ0v) is 12.4. The predicted octanol–water partition coefficient (Wildman–Crippen LogP) is 4.20. The van der Waals surface area contributed by atoms with Crippen LogP contribution in [0.3, 0.4) is 0 Å². The largest absolute Gasteiger partial charge is 0.329 e. The van der Waals surface area contributed by atoms with Crippen LogP contribution >= 0.6 is 11.6 Å². The number of anilines is 2. The molecule has 100 valence electrons. The molecule has 0 bridgehead atoms. The van der Waals surface area contributed by atoms with Crippen molar-refractivity contribution in [3.05, 3.63) is 47.4 Å². The van der Waals surface area contributed by atoms with Crippen LogP contribution in [0.4, 0.5) is 11.5 Å². The van der Waals surface area contributed by atoms with Gasteiger partial charge in [-0.05, 0) is 12.1 Å². The Morgan fingerprint density at radius 2 is 1.68 bits per heavy atom. The quantitative estimate of drug-likeness (QED) is 0.770. The molecule has 0 fully saturated rings. The van der Waals surface area contributed by atoms with E-state index in [0.717, 1.165) is 17.3 Å². The summed E-state index contributed by atoms with van der Waals surface area (Å²) in [5.74, 6) is 1.55. The maximum Gasteiger partial charge on any atom is 0.137 e. The van der Waals surface area contributed by atoms with E-state index in [4.69, 9.17) is 11.6 Å². The summed E-state index contributed by atoms with van der Waals surface area (Å²) < 4.78 is 0. The third-order valence-electron chi connectivity index (χ3n) is 2.84. The SMILES string of the molecule is CN(c1ccccc1)c1cc(Cl)nc(C(C)(C)C)n1. The molecule has 1 aromatic heterocycles. The Hall–Kier alpha value is -1.61. The van der Waals surface area contributed by atoms with Crippen LogP contribution in [0.1, 0.15) is 26.6 Å². The van der Waals surface area contributed by atoms with E-state index in [1.165, 1.54) is 0 Å². The lowest BCUT2D eigenvalue weighted by atomic mass is 9.96. The van der Waals surface area contributed by atoms with Crippen molar-refractivity contribution >= 4 is 23.1 Å². The van der Waals surface area contributed by atoms with Crippen molar-refractivity contribution in [2.24, 2.45) is 0 Å². The van der Waals surface area contributed by atoms with Crippen molar-refractivity contribution in [2.45, 2.75) is 26.2 Å². The number of benzene rings is 1. The number of para-hydroxylation sites is 1. The van der Waals surface area contributed by atoms with E-state index < -0.39 is 0 Å². The lowest BCUT2D eigenvalue weighted by Gasteiger charge is -2.22. The molecule has 0 amide bonds. The highest BCUT2D eigenvalue weighted by atomic mass is 35.5. The molecule has 0 spiro atoms. The minimum absolute atomic E-state index is 0.128. The summed E-state index contributed by atoms with van der Waals surface area (Å²) >= 11 is 6.11. The van der Waals surface area contributed by atoms with E-state index >= 15 is 0 Å². The number of hydrogen-bond donors (Lipinski definition) is 0. The van der Waals surface area contributed by atoms with Gasteiger partial charge in [-0.25, -0.2) is 9.97 Å². The average molecular weight is 276 g/mol. The van der Waals surface area contributed by atoms with Crippen molar-refractivity contribution in [3.8, 4) is 0 Å². The van der Waals surface area contributed by atoms with Crippen LogP contribution < -0.4 is 4.90 Å². The number of hydrogen-bond acceptors (Lipinski definition) is 3. The fraction of sp³-hybridized carbons (Fsp3) is 0.333. The molecule has 0 aliphatic rings. The van der Waals surface area contributed by atoms with Crippen LogP contribution in [0.15, 0.2) is 36.4 Å². The van der Waals surface area contributed by atoms with E-state index in [1.54, 1.807) is 6.07 Å². The van der Waals surface area contributed by atoms with Gasteiger partial charge in [0.2, 0.25) is 0 Å². The van der Waals surface area contributed by atoms with Gasteiger partial charge in [0.1, 0.15) is 16.8 Å². The van der Waals surface area contributed by atoms with E-state index in [9.17, 15) is 0 Å². The number of aromatic nitrogens is 2. The predicted molar refractivity (Wildman–Crippen MR) is 80.2 cm³/mol. The fourth-order valence-corrected chi connectivity index (χ4v) is 1.87. The molecule has 3 nitrogen and oxygen atoms in total. The molecule has 0 atom stereocenters. The average Bonchev–Trinajstić information content (AvgIpc) is 2.37. The fourth-order valence-electron chi connectivity index (χ4n) is 1.70. The molecule has 2 rings (SSSR count). The third kappa shape index (κ3) is 3.24. The molecular weight excluding hydrogens is 258 g/mol. The van der Waals surface area contributed by atoms with Gasteiger partial charge in [0, 0.05) is 24.2 Å². The van der Waals surface area contributed by atoms with Gasteiger partial charge >= 0.3 is 0 Å². The van der Waals surface area contributed by atoms with Crippen molar-refractivity contribution in [2.75, 3.05) is 11.9 Å². The molecule has 0 radical (unpaired) electrons. The van der Waals surface area contributed by atoms with Crippen LogP contribution in [0.25, 0.3) is 0 Å². The Kier molecular flexibility index (Phi) is 3.76. The Bertz CT molecular complexity index is 561. The van der Waals surface area contributed by atoms with Gasteiger partial charge < -0.3 is 4.90 Å². The van der Waals surface area contributed by atoms with Crippen molar-refractivity contribution in [3.63, 3.8) is 0 Å². The van der Waals surface area contributed by atoms with Crippen molar-refractivity contribution in [1.82, 2.24) is 9.97 Å². The molecule has 0 saturated heterocycles. The minimum Gasteiger partial charge on any atom is -0.329 e. The molecule has 0 saturated carbocycles. The summed E-state index contributed by atoms with van der Waals surface area (Å²) in [7, 11) is 1.97. The van der Waals surface area contributed by atoms with Gasteiger partial charge in [0.15, 0.2) is 0 Å². The molecule has 0 unspecified atom stereocenters. The molecule has 2 aromatic rings. The third-order valence-corrected chi connectivity index (χ3v) is 3.03. The first-order valence-electron chi connectivity index (χ1n) is 6.22. The number of nitrogens with zero attached hydrogens (tertiary/aromatic N) is 3. The zero-order valence-electron chi connectivity index (χ0n) is 11.7. The van der Waals surface area contributed by atoms with Gasteiger partial charge in [-0.3, -0.25) is 0 Å². The lowest BCUT2D eigenvalue weighted by molar-refractivity contribution is 0.545. The van der Waals surface area contributed by atoms with Gasteiger partial charge in [0.05, 0.1) is 0 Å². The zero-order chi connectivity index (χ0) is 14.0. The second-order valence-electron chi connectivity index (χ2n) is 5.52. The first kappa shape index (κ1) is 13.8. The van der Waals surface area contributed by atoms with E-state index in [0.29, 0.717) is 5.15 Å². The second-order valence-corrected chi connectivity index (χ2v) is 5.90. The van der Waals surface area contributed by atoms with E-state index in [2.05, 4.69) is 30.7 Å². The standard InChI is InChI=1S/C15H18ClN3/c1-15(2,3)14-17-12(16)10-13(18-14)19(4)11-8-6-5-7-9-11/h5-10H,1-4H3. The van der Waals surface area contributed by atoms with E-state index in [-0.39, 0.29) is 5.41 Å². The number of rotatable bonds is 2. The maximum absolute atomic E-state index is 6.11. The summed E-state index contributed by atoms with van der Waals surface area (Å²) in [6, 6.07) is 11.8. The molecular formula is C15H18ClN3. The molecule has 1 aromatic carbocycles. The van der Waals surface area contributed by atoms with Gasteiger partial charge in [-0.2, -0.15) is 0 Å². The summed E-state index contributed by atoms with van der Waals surface area (Å²) in [5, 5.41) is 0.470. The normalized spacial score (nSPS) is 11.4. The highest BCUT2D eigenvalue weighted by Gasteiger charge is 2.20. The first-order chi connectivity index (χ1) is 8.88. The topological polar surface area (TPSA) is 29.0 Å². The molecule has 4 heteroatoms. The maximum atomic E-state index is 6.11. The van der Waals surface area contributed by atoms with Crippen molar-refractivity contribution in [1.29, 1.82) is 0 Å².